The Morgan fingerprint density at radius 1 is 1.50 bits per heavy atom. The van der Waals surface area contributed by atoms with E-state index >= 15 is 0 Å². The van der Waals surface area contributed by atoms with Gasteiger partial charge in [-0.2, -0.15) is 5.26 Å². The summed E-state index contributed by atoms with van der Waals surface area (Å²) in [6.45, 7) is 0. The highest BCUT2D eigenvalue weighted by atomic mass is 79.9. The Morgan fingerprint density at radius 2 is 2.29 bits per heavy atom. The van der Waals surface area contributed by atoms with Crippen molar-refractivity contribution in [3.8, 4) is 6.07 Å². The van der Waals surface area contributed by atoms with Crippen LogP contribution < -0.4 is 0 Å². The Morgan fingerprint density at radius 3 is 2.93 bits per heavy atom. The Hall–Kier alpha value is -0.500. The first-order valence-electron chi connectivity index (χ1n) is 3.97. The van der Waals surface area contributed by atoms with Gasteiger partial charge in [0.1, 0.15) is 10.9 Å². The smallest absolute Gasteiger partial charge is 0.110 e. The van der Waals surface area contributed by atoms with E-state index in [9.17, 15) is 0 Å². The van der Waals surface area contributed by atoms with E-state index in [2.05, 4.69) is 34.6 Å². The van der Waals surface area contributed by atoms with Crippen LogP contribution in [0.25, 0.3) is 10.1 Å². The van der Waals surface area contributed by atoms with Crippen LogP contribution in [0.2, 0.25) is 0 Å². The molecule has 0 spiro atoms. The molecule has 14 heavy (non-hydrogen) atoms. The van der Waals surface area contributed by atoms with Crippen LogP contribution in [0.4, 0.5) is 0 Å². The summed E-state index contributed by atoms with van der Waals surface area (Å²) in [6.07, 6.45) is 0. The number of benzene rings is 1. The SMILES string of the molecule is N#Cc1sc2cccc(S)c2c1CBr. The van der Waals surface area contributed by atoms with E-state index in [-0.39, 0.29) is 0 Å². The molecule has 1 nitrogen and oxygen atoms in total. The van der Waals surface area contributed by atoms with Crippen molar-refractivity contribution >= 4 is 50.0 Å². The van der Waals surface area contributed by atoms with Gasteiger partial charge in [-0.15, -0.1) is 24.0 Å². The maximum absolute atomic E-state index is 8.96. The second kappa shape index (κ2) is 3.93. The molecule has 0 atom stereocenters. The van der Waals surface area contributed by atoms with E-state index < -0.39 is 0 Å². The van der Waals surface area contributed by atoms with Gasteiger partial charge in [-0.3, -0.25) is 0 Å². The van der Waals surface area contributed by atoms with E-state index in [0.717, 1.165) is 25.4 Å². The summed E-state index contributed by atoms with van der Waals surface area (Å²) < 4.78 is 1.13. The maximum atomic E-state index is 8.96. The summed E-state index contributed by atoms with van der Waals surface area (Å²) in [5.41, 5.74) is 1.05. The number of fused-ring (bicyclic) bond motifs is 1. The highest BCUT2D eigenvalue weighted by molar-refractivity contribution is 9.08. The molecule has 0 unspecified atom stereocenters. The van der Waals surface area contributed by atoms with Crippen molar-refractivity contribution in [2.45, 2.75) is 10.2 Å². The minimum atomic E-state index is 0.702. The molecule has 4 heteroatoms. The molecule has 70 valence electrons. The zero-order chi connectivity index (χ0) is 10.1. The normalized spacial score (nSPS) is 10.4. The Labute approximate surface area is 99.9 Å². The highest BCUT2D eigenvalue weighted by Crippen LogP contribution is 2.35. The van der Waals surface area contributed by atoms with E-state index in [1.165, 1.54) is 11.3 Å². The van der Waals surface area contributed by atoms with Crippen LogP contribution in [0.3, 0.4) is 0 Å². The monoisotopic (exact) mass is 283 g/mol. The zero-order valence-electron chi connectivity index (χ0n) is 7.12. The number of hydrogen-bond donors (Lipinski definition) is 1. The van der Waals surface area contributed by atoms with Gasteiger partial charge < -0.3 is 0 Å². The van der Waals surface area contributed by atoms with E-state index in [0.29, 0.717) is 5.33 Å². The van der Waals surface area contributed by atoms with Gasteiger partial charge in [0, 0.05) is 25.9 Å². The molecule has 0 saturated carbocycles. The maximum Gasteiger partial charge on any atom is 0.110 e. The van der Waals surface area contributed by atoms with Crippen molar-refractivity contribution in [3.05, 3.63) is 28.6 Å². The topological polar surface area (TPSA) is 23.8 Å². The summed E-state index contributed by atoms with van der Waals surface area (Å²) in [6, 6.07) is 8.15. The highest BCUT2D eigenvalue weighted by Gasteiger charge is 2.12. The fourth-order valence-electron chi connectivity index (χ4n) is 1.41. The number of thiophene rings is 1. The van der Waals surface area contributed by atoms with Gasteiger partial charge in [-0.25, -0.2) is 0 Å². The van der Waals surface area contributed by atoms with Gasteiger partial charge in [-0.05, 0) is 12.1 Å². The van der Waals surface area contributed by atoms with Gasteiger partial charge >= 0.3 is 0 Å². The Kier molecular flexibility index (Phi) is 2.82. The third kappa shape index (κ3) is 1.46. The quantitative estimate of drug-likeness (QED) is 0.622. The first-order chi connectivity index (χ1) is 6.77. The minimum Gasteiger partial charge on any atom is -0.192 e. The molecule has 0 aliphatic rings. The van der Waals surface area contributed by atoms with Crippen LogP contribution >= 0.6 is 39.9 Å². The Balaban J connectivity index is 2.90. The molecule has 0 saturated heterocycles. The lowest BCUT2D eigenvalue weighted by Crippen LogP contribution is -1.79. The molecule has 2 aromatic rings. The Bertz CT molecular complexity index is 525. The number of hydrogen-bond acceptors (Lipinski definition) is 3. The number of alkyl halides is 1. The molecule has 0 N–H and O–H groups in total. The largest absolute Gasteiger partial charge is 0.192 e. The van der Waals surface area contributed by atoms with Gasteiger partial charge in [-0.1, -0.05) is 22.0 Å². The second-order valence-corrected chi connectivity index (χ2v) is 4.90. The van der Waals surface area contributed by atoms with Crippen LogP contribution in [0, 0.1) is 11.3 Å². The summed E-state index contributed by atoms with van der Waals surface area (Å²) >= 11 is 9.33. The predicted molar refractivity (Wildman–Crippen MR) is 66.4 cm³/mol. The van der Waals surface area contributed by atoms with Crippen molar-refractivity contribution < 1.29 is 0 Å². The van der Waals surface area contributed by atoms with Crippen LogP contribution in [0.15, 0.2) is 23.1 Å². The lowest BCUT2D eigenvalue weighted by Gasteiger charge is -1.97. The molecule has 1 aromatic heterocycles. The van der Waals surface area contributed by atoms with Crippen molar-refractivity contribution in [1.29, 1.82) is 5.26 Å². The number of rotatable bonds is 1. The minimum absolute atomic E-state index is 0.702. The zero-order valence-corrected chi connectivity index (χ0v) is 10.4. The third-order valence-electron chi connectivity index (χ3n) is 2.03. The van der Waals surface area contributed by atoms with Crippen molar-refractivity contribution in [2.75, 3.05) is 0 Å². The average molecular weight is 284 g/mol. The summed E-state index contributed by atoms with van der Waals surface area (Å²) in [5, 5.41) is 10.8. The fourth-order valence-corrected chi connectivity index (χ4v) is 3.62. The van der Waals surface area contributed by atoms with Crippen LogP contribution in [-0.2, 0) is 5.33 Å². The molecule has 1 heterocycles. The molecular weight excluding hydrogens is 278 g/mol. The molecule has 0 radical (unpaired) electrons. The van der Waals surface area contributed by atoms with Crippen LogP contribution in [0.5, 0.6) is 0 Å². The van der Waals surface area contributed by atoms with E-state index in [4.69, 9.17) is 5.26 Å². The fraction of sp³-hybridized carbons (Fsp3) is 0.100. The lowest BCUT2D eigenvalue weighted by atomic mass is 10.1. The number of thiol groups is 1. The molecule has 0 bridgehead atoms. The second-order valence-electron chi connectivity index (χ2n) is 2.81. The molecule has 1 aromatic carbocycles. The third-order valence-corrected chi connectivity index (χ3v) is 4.06. The van der Waals surface area contributed by atoms with Gasteiger partial charge in [0.05, 0.1) is 0 Å². The van der Waals surface area contributed by atoms with Crippen molar-refractivity contribution in [2.24, 2.45) is 0 Å². The molecule has 0 fully saturated rings. The number of nitriles is 1. The van der Waals surface area contributed by atoms with E-state index in [1.807, 2.05) is 18.2 Å². The molecular formula is C10H6BrNS2. The van der Waals surface area contributed by atoms with Crippen LogP contribution in [0.1, 0.15) is 10.4 Å². The molecule has 0 aliphatic carbocycles. The summed E-state index contributed by atoms with van der Waals surface area (Å²) in [4.78, 5) is 1.72. The summed E-state index contributed by atoms with van der Waals surface area (Å²) in [7, 11) is 0. The van der Waals surface area contributed by atoms with Gasteiger partial charge in [0.25, 0.3) is 0 Å². The molecule has 2 rings (SSSR count). The average Bonchev–Trinajstić information content (AvgIpc) is 2.56. The van der Waals surface area contributed by atoms with Gasteiger partial charge in [0.2, 0.25) is 0 Å². The standard InChI is InChI=1S/C10H6BrNS2/c11-4-6-9(5-12)14-8-3-1-2-7(13)10(6)8/h1-3,13H,4H2. The van der Waals surface area contributed by atoms with Crippen LogP contribution in [-0.4, -0.2) is 0 Å². The first-order valence-corrected chi connectivity index (χ1v) is 6.36. The van der Waals surface area contributed by atoms with Crippen molar-refractivity contribution in [3.63, 3.8) is 0 Å². The number of halogens is 1. The van der Waals surface area contributed by atoms with Crippen molar-refractivity contribution in [1.82, 2.24) is 0 Å². The first kappa shape index (κ1) is 10.0. The van der Waals surface area contributed by atoms with E-state index in [1.54, 1.807) is 0 Å². The predicted octanol–water partition coefficient (Wildman–Crippen LogP) is 3.96. The molecule has 0 aliphatic heterocycles. The van der Waals surface area contributed by atoms with Gasteiger partial charge in [0.15, 0.2) is 0 Å². The number of nitrogens with zero attached hydrogens (tertiary/aromatic N) is 1. The molecule has 0 amide bonds. The summed E-state index contributed by atoms with van der Waals surface area (Å²) in [5.74, 6) is 0. The lowest BCUT2D eigenvalue weighted by molar-refractivity contribution is 1.44.